The number of ketones is 1. The van der Waals surface area contributed by atoms with E-state index in [1.54, 1.807) is 19.1 Å². The maximum atomic E-state index is 12.6. The van der Waals surface area contributed by atoms with E-state index in [1.165, 1.54) is 6.07 Å². The van der Waals surface area contributed by atoms with Crippen LogP contribution in [0.2, 0.25) is 0 Å². The number of para-hydroxylation sites is 1. The minimum atomic E-state index is -3.03. The van der Waals surface area contributed by atoms with Gasteiger partial charge in [0.1, 0.15) is 12.4 Å². The molecular weight excluding hydrogens is 262 g/mol. The molecule has 2 rings (SSSR count). The van der Waals surface area contributed by atoms with Gasteiger partial charge in [-0.3, -0.25) is 4.79 Å². The van der Waals surface area contributed by atoms with Crippen molar-refractivity contribution in [1.29, 1.82) is 0 Å². The van der Waals surface area contributed by atoms with Gasteiger partial charge in [0.25, 0.3) is 0 Å². The first kappa shape index (κ1) is 14.2. The molecule has 0 unspecified atom stereocenters. The standard InChI is InChI=1S/C16H14F2O2/c1-11-6-5-9-13(14(19)16(17)18)15(11)20-10-12-7-3-2-4-8-12/h2-9,16H,10H2,1H3. The highest BCUT2D eigenvalue weighted by atomic mass is 19.3. The molecular formula is C16H14F2O2. The third kappa shape index (κ3) is 3.20. The van der Waals surface area contributed by atoms with Crippen molar-refractivity contribution in [3.63, 3.8) is 0 Å². The van der Waals surface area contributed by atoms with E-state index in [4.69, 9.17) is 4.74 Å². The molecule has 0 radical (unpaired) electrons. The molecule has 104 valence electrons. The molecule has 0 aliphatic carbocycles. The Kier molecular flexibility index (Phi) is 4.45. The van der Waals surface area contributed by atoms with Gasteiger partial charge in [-0.2, -0.15) is 0 Å². The maximum Gasteiger partial charge on any atom is 0.300 e. The number of hydrogen-bond acceptors (Lipinski definition) is 2. The van der Waals surface area contributed by atoms with Gasteiger partial charge in [-0.05, 0) is 24.1 Å². The number of carbonyl (C=O) groups is 1. The fraction of sp³-hybridized carbons (Fsp3) is 0.188. The van der Waals surface area contributed by atoms with Crippen molar-refractivity contribution >= 4 is 5.78 Å². The molecule has 0 spiro atoms. The van der Waals surface area contributed by atoms with Crippen LogP contribution in [0, 0.1) is 6.92 Å². The number of rotatable bonds is 5. The minimum absolute atomic E-state index is 0.0732. The Bertz CT molecular complexity index is 595. The van der Waals surface area contributed by atoms with Crippen molar-refractivity contribution in [2.75, 3.05) is 0 Å². The van der Waals surface area contributed by atoms with Gasteiger partial charge in [0, 0.05) is 0 Å². The third-order valence-electron chi connectivity index (χ3n) is 2.90. The van der Waals surface area contributed by atoms with Gasteiger partial charge in [-0.1, -0.05) is 42.5 Å². The molecule has 20 heavy (non-hydrogen) atoms. The van der Waals surface area contributed by atoms with E-state index in [0.29, 0.717) is 5.56 Å². The number of hydrogen-bond donors (Lipinski definition) is 0. The molecule has 0 amide bonds. The van der Waals surface area contributed by atoms with Crippen LogP contribution in [-0.2, 0) is 6.61 Å². The highest BCUT2D eigenvalue weighted by Crippen LogP contribution is 2.26. The Morgan fingerprint density at radius 2 is 1.80 bits per heavy atom. The van der Waals surface area contributed by atoms with Gasteiger partial charge in [0.15, 0.2) is 0 Å². The summed E-state index contributed by atoms with van der Waals surface area (Å²) in [6, 6.07) is 14.0. The summed E-state index contributed by atoms with van der Waals surface area (Å²) in [6.45, 7) is 1.96. The van der Waals surface area contributed by atoms with Gasteiger partial charge >= 0.3 is 6.43 Å². The minimum Gasteiger partial charge on any atom is -0.488 e. The fourth-order valence-electron chi connectivity index (χ4n) is 1.89. The zero-order valence-corrected chi connectivity index (χ0v) is 11.0. The number of benzene rings is 2. The molecule has 0 bridgehead atoms. The summed E-state index contributed by atoms with van der Waals surface area (Å²) in [4.78, 5) is 11.5. The predicted molar refractivity (Wildman–Crippen MR) is 72.3 cm³/mol. The van der Waals surface area contributed by atoms with Crippen molar-refractivity contribution in [3.05, 3.63) is 65.2 Å². The van der Waals surface area contributed by atoms with Crippen LogP contribution < -0.4 is 4.74 Å². The lowest BCUT2D eigenvalue weighted by Crippen LogP contribution is -2.13. The Morgan fingerprint density at radius 1 is 1.10 bits per heavy atom. The van der Waals surface area contributed by atoms with Crippen LogP contribution in [0.5, 0.6) is 5.75 Å². The van der Waals surface area contributed by atoms with Crippen molar-refractivity contribution in [1.82, 2.24) is 0 Å². The average Bonchev–Trinajstić information content (AvgIpc) is 2.46. The van der Waals surface area contributed by atoms with Crippen LogP contribution in [0.4, 0.5) is 8.78 Å². The summed E-state index contributed by atoms with van der Waals surface area (Å²) >= 11 is 0. The molecule has 0 aromatic heterocycles. The molecule has 0 atom stereocenters. The fourth-order valence-corrected chi connectivity index (χ4v) is 1.89. The number of carbonyl (C=O) groups excluding carboxylic acids is 1. The van der Waals surface area contributed by atoms with Gasteiger partial charge in [-0.15, -0.1) is 0 Å². The number of Topliss-reactive ketones (excluding diaryl/α,β-unsaturated/α-hetero) is 1. The zero-order valence-electron chi connectivity index (χ0n) is 11.0. The molecule has 0 heterocycles. The second-order valence-corrected chi connectivity index (χ2v) is 4.39. The molecule has 0 saturated heterocycles. The largest absolute Gasteiger partial charge is 0.488 e. The monoisotopic (exact) mass is 276 g/mol. The van der Waals surface area contributed by atoms with Crippen molar-refractivity contribution in [2.24, 2.45) is 0 Å². The number of ether oxygens (including phenoxy) is 1. The molecule has 0 aliphatic heterocycles. The second-order valence-electron chi connectivity index (χ2n) is 4.39. The first-order valence-corrected chi connectivity index (χ1v) is 6.18. The third-order valence-corrected chi connectivity index (χ3v) is 2.90. The second kappa shape index (κ2) is 6.28. The molecule has 2 nitrogen and oxygen atoms in total. The van der Waals surface area contributed by atoms with E-state index in [2.05, 4.69) is 0 Å². The molecule has 2 aromatic carbocycles. The van der Waals surface area contributed by atoms with Gasteiger partial charge in [-0.25, -0.2) is 8.78 Å². The Balaban J connectivity index is 2.24. The number of halogens is 2. The lowest BCUT2D eigenvalue weighted by molar-refractivity contribution is 0.0674. The van der Waals surface area contributed by atoms with Crippen LogP contribution in [0.3, 0.4) is 0 Å². The molecule has 2 aromatic rings. The Labute approximate surface area is 116 Å². The SMILES string of the molecule is Cc1cccc(C(=O)C(F)F)c1OCc1ccccc1. The summed E-state index contributed by atoms with van der Waals surface area (Å²) in [7, 11) is 0. The number of aryl methyl sites for hydroxylation is 1. The normalized spacial score (nSPS) is 10.6. The highest BCUT2D eigenvalue weighted by Gasteiger charge is 2.22. The number of alkyl halides is 2. The Hall–Kier alpha value is -2.23. The van der Waals surface area contributed by atoms with Crippen LogP contribution in [-0.4, -0.2) is 12.2 Å². The van der Waals surface area contributed by atoms with E-state index < -0.39 is 12.2 Å². The first-order valence-electron chi connectivity index (χ1n) is 6.18. The van der Waals surface area contributed by atoms with E-state index in [1.807, 2.05) is 30.3 Å². The van der Waals surface area contributed by atoms with Crippen LogP contribution >= 0.6 is 0 Å². The van der Waals surface area contributed by atoms with Crippen molar-refractivity contribution < 1.29 is 18.3 Å². The summed E-state index contributed by atoms with van der Waals surface area (Å²) in [5, 5.41) is 0. The van der Waals surface area contributed by atoms with Crippen LogP contribution in [0.1, 0.15) is 21.5 Å². The van der Waals surface area contributed by atoms with E-state index in [0.717, 1.165) is 5.56 Å². The lowest BCUT2D eigenvalue weighted by atomic mass is 10.1. The van der Waals surface area contributed by atoms with Crippen LogP contribution in [0.25, 0.3) is 0 Å². The quantitative estimate of drug-likeness (QED) is 0.771. The summed E-state index contributed by atoms with van der Waals surface area (Å²) < 4.78 is 30.7. The van der Waals surface area contributed by atoms with E-state index in [-0.39, 0.29) is 17.9 Å². The summed E-state index contributed by atoms with van der Waals surface area (Å²) in [6.07, 6.45) is -3.03. The molecule has 0 fully saturated rings. The van der Waals surface area contributed by atoms with Gasteiger partial charge < -0.3 is 4.74 Å². The predicted octanol–water partition coefficient (Wildman–Crippen LogP) is 4.02. The van der Waals surface area contributed by atoms with E-state index in [9.17, 15) is 13.6 Å². The summed E-state index contributed by atoms with van der Waals surface area (Å²) in [5.74, 6) is -0.988. The zero-order chi connectivity index (χ0) is 14.5. The maximum absolute atomic E-state index is 12.6. The van der Waals surface area contributed by atoms with Gasteiger partial charge in [0.2, 0.25) is 5.78 Å². The molecule has 0 aliphatic rings. The van der Waals surface area contributed by atoms with Crippen molar-refractivity contribution in [2.45, 2.75) is 20.0 Å². The summed E-state index contributed by atoms with van der Waals surface area (Å²) in [5.41, 5.74) is 1.49. The van der Waals surface area contributed by atoms with E-state index >= 15 is 0 Å². The Morgan fingerprint density at radius 3 is 2.45 bits per heavy atom. The topological polar surface area (TPSA) is 26.3 Å². The lowest BCUT2D eigenvalue weighted by Gasteiger charge is -2.13. The highest BCUT2D eigenvalue weighted by molar-refractivity contribution is 6.01. The molecule has 0 saturated carbocycles. The molecule has 4 heteroatoms. The first-order chi connectivity index (χ1) is 9.59. The molecule has 0 N–H and O–H groups in total. The smallest absolute Gasteiger partial charge is 0.300 e. The van der Waals surface area contributed by atoms with Gasteiger partial charge in [0.05, 0.1) is 5.56 Å². The van der Waals surface area contributed by atoms with Crippen molar-refractivity contribution in [3.8, 4) is 5.75 Å². The van der Waals surface area contributed by atoms with Crippen LogP contribution in [0.15, 0.2) is 48.5 Å². The average molecular weight is 276 g/mol.